The number of rotatable bonds is 2. The zero-order valence-corrected chi connectivity index (χ0v) is 12.8. The molecule has 102 valence electrons. The third kappa shape index (κ3) is 2.67. The number of carbonyl (C=O) groups is 1. The monoisotopic (exact) mass is 305 g/mol. The van der Waals surface area contributed by atoms with Gasteiger partial charge in [-0.15, -0.1) is 11.3 Å². The van der Waals surface area contributed by atoms with Crippen LogP contribution in [-0.4, -0.2) is 10.9 Å². The van der Waals surface area contributed by atoms with E-state index in [-0.39, 0.29) is 5.91 Å². The topological polar surface area (TPSA) is 65.8 Å². The highest BCUT2D eigenvalue weighted by atomic mass is 35.5. The molecule has 0 atom stereocenters. The van der Waals surface area contributed by atoms with E-state index in [1.807, 2.05) is 13.8 Å². The lowest BCUT2D eigenvalue weighted by molar-refractivity contribution is 0.102. The van der Waals surface area contributed by atoms with Crippen LogP contribution in [0, 0.1) is 32.1 Å². The molecule has 2 aromatic heterocycles. The van der Waals surface area contributed by atoms with Gasteiger partial charge in [0.1, 0.15) is 11.1 Å². The summed E-state index contributed by atoms with van der Waals surface area (Å²) < 4.78 is 0. The van der Waals surface area contributed by atoms with Crippen molar-refractivity contribution in [3.8, 4) is 6.07 Å². The summed E-state index contributed by atoms with van der Waals surface area (Å²) in [6, 6.07) is 3.74. The average molecular weight is 306 g/mol. The normalized spacial score (nSPS) is 10.2. The van der Waals surface area contributed by atoms with Gasteiger partial charge in [0.2, 0.25) is 0 Å². The maximum absolute atomic E-state index is 12.2. The van der Waals surface area contributed by atoms with Crippen molar-refractivity contribution in [3.05, 3.63) is 44.5 Å². The number of hydrogen-bond donors (Lipinski definition) is 1. The zero-order chi connectivity index (χ0) is 14.9. The first-order valence-electron chi connectivity index (χ1n) is 5.87. The standard InChI is InChI=1S/C14H12ClN3OS/c1-7-4-12(15)11(6-17-7)13(19)18-14-10(5-16)8(2)9(3)20-14/h4,6H,1-3H3,(H,18,19). The fourth-order valence-corrected chi connectivity index (χ4v) is 3.01. The maximum Gasteiger partial charge on any atom is 0.259 e. The molecule has 0 fully saturated rings. The SMILES string of the molecule is Cc1cc(Cl)c(C(=O)Nc2sc(C)c(C)c2C#N)cn1. The fraction of sp³-hybridized carbons (Fsp3) is 0.214. The van der Waals surface area contributed by atoms with E-state index in [9.17, 15) is 4.79 Å². The summed E-state index contributed by atoms with van der Waals surface area (Å²) in [6.45, 7) is 5.57. The van der Waals surface area contributed by atoms with Gasteiger partial charge in [0.25, 0.3) is 5.91 Å². The highest BCUT2D eigenvalue weighted by molar-refractivity contribution is 7.16. The second kappa shape index (κ2) is 5.61. The summed E-state index contributed by atoms with van der Waals surface area (Å²) in [7, 11) is 0. The van der Waals surface area contributed by atoms with Crippen LogP contribution >= 0.6 is 22.9 Å². The van der Waals surface area contributed by atoms with Crippen LogP contribution in [0.2, 0.25) is 5.02 Å². The summed E-state index contributed by atoms with van der Waals surface area (Å²) in [5.41, 5.74) is 2.43. The van der Waals surface area contributed by atoms with Gasteiger partial charge >= 0.3 is 0 Å². The van der Waals surface area contributed by atoms with Crippen LogP contribution in [0.25, 0.3) is 0 Å². The molecule has 0 aliphatic rings. The molecule has 6 heteroatoms. The second-order valence-electron chi connectivity index (χ2n) is 4.36. The van der Waals surface area contributed by atoms with Crippen molar-refractivity contribution >= 4 is 33.8 Å². The van der Waals surface area contributed by atoms with E-state index in [0.29, 0.717) is 21.2 Å². The summed E-state index contributed by atoms with van der Waals surface area (Å²) in [5.74, 6) is -0.361. The van der Waals surface area contributed by atoms with E-state index in [1.54, 1.807) is 13.0 Å². The Hall–Kier alpha value is -1.90. The van der Waals surface area contributed by atoms with Crippen LogP contribution in [-0.2, 0) is 0 Å². The largest absolute Gasteiger partial charge is 0.312 e. The average Bonchev–Trinajstić information content (AvgIpc) is 2.64. The van der Waals surface area contributed by atoms with Crippen molar-refractivity contribution in [2.45, 2.75) is 20.8 Å². The van der Waals surface area contributed by atoms with Crippen LogP contribution in [0.4, 0.5) is 5.00 Å². The Morgan fingerprint density at radius 1 is 1.45 bits per heavy atom. The Morgan fingerprint density at radius 3 is 2.75 bits per heavy atom. The van der Waals surface area contributed by atoms with Gasteiger partial charge < -0.3 is 5.32 Å². The van der Waals surface area contributed by atoms with Crippen molar-refractivity contribution in [1.82, 2.24) is 4.98 Å². The molecular formula is C14H12ClN3OS. The van der Waals surface area contributed by atoms with Crippen molar-refractivity contribution < 1.29 is 4.79 Å². The summed E-state index contributed by atoms with van der Waals surface area (Å²) >= 11 is 7.42. The predicted octanol–water partition coefficient (Wildman–Crippen LogP) is 3.85. The van der Waals surface area contributed by atoms with Gasteiger partial charge in [0.15, 0.2) is 0 Å². The molecule has 2 aromatic rings. The Labute approximate surface area is 126 Å². The summed E-state index contributed by atoms with van der Waals surface area (Å²) in [5, 5.41) is 12.8. The molecule has 0 bridgehead atoms. The van der Waals surface area contributed by atoms with Crippen molar-refractivity contribution in [2.75, 3.05) is 5.32 Å². The molecule has 0 aromatic carbocycles. The molecule has 0 saturated heterocycles. The maximum atomic E-state index is 12.2. The number of hydrogen-bond acceptors (Lipinski definition) is 4. The minimum atomic E-state index is -0.361. The molecule has 0 aliphatic heterocycles. The quantitative estimate of drug-likeness (QED) is 0.916. The molecule has 20 heavy (non-hydrogen) atoms. The molecule has 0 spiro atoms. The number of nitriles is 1. The predicted molar refractivity (Wildman–Crippen MR) is 80.4 cm³/mol. The van der Waals surface area contributed by atoms with E-state index in [4.69, 9.17) is 16.9 Å². The lowest BCUT2D eigenvalue weighted by Gasteiger charge is -2.05. The number of amides is 1. The minimum absolute atomic E-state index is 0.296. The van der Waals surface area contributed by atoms with Gasteiger partial charge in [-0.25, -0.2) is 0 Å². The van der Waals surface area contributed by atoms with Gasteiger partial charge in [0.05, 0.1) is 16.1 Å². The third-order valence-corrected chi connectivity index (χ3v) is 4.39. The van der Waals surface area contributed by atoms with E-state index in [2.05, 4.69) is 16.4 Å². The zero-order valence-electron chi connectivity index (χ0n) is 11.2. The van der Waals surface area contributed by atoms with Gasteiger partial charge in [-0.1, -0.05) is 11.6 Å². The van der Waals surface area contributed by atoms with Crippen molar-refractivity contribution in [3.63, 3.8) is 0 Å². The number of aromatic nitrogens is 1. The van der Waals surface area contributed by atoms with Crippen LogP contribution in [0.5, 0.6) is 0 Å². The Morgan fingerprint density at radius 2 is 2.15 bits per heavy atom. The number of carbonyl (C=O) groups excluding carboxylic acids is 1. The molecule has 1 N–H and O–H groups in total. The molecule has 0 saturated carbocycles. The van der Waals surface area contributed by atoms with Crippen LogP contribution in [0.15, 0.2) is 12.3 Å². The number of anilines is 1. The van der Waals surface area contributed by atoms with E-state index in [1.165, 1.54) is 17.5 Å². The number of nitrogens with one attached hydrogen (secondary N) is 1. The van der Waals surface area contributed by atoms with Gasteiger partial charge in [0, 0.05) is 16.8 Å². The van der Waals surface area contributed by atoms with Crippen molar-refractivity contribution in [1.29, 1.82) is 5.26 Å². The lowest BCUT2D eigenvalue weighted by Crippen LogP contribution is -2.13. The van der Waals surface area contributed by atoms with Gasteiger partial charge in [-0.3, -0.25) is 9.78 Å². The van der Waals surface area contributed by atoms with Crippen molar-refractivity contribution in [2.24, 2.45) is 0 Å². The number of aryl methyl sites for hydroxylation is 2. The third-order valence-electron chi connectivity index (χ3n) is 2.96. The van der Waals surface area contributed by atoms with Gasteiger partial charge in [-0.2, -0.15) is 5.26 Å². The molecular weight excluding hydrogens is 294 g/mol. The highest BCUT2D eigenvalue weighted by Gasteiger charge is 2.17. The first-order chi connectivity index (χ1) is 9.43. The smallest absolute Gasteiger partial charge is 0.259 e. The van der Waals surface area contributed by atoms with Crippen LogP contribution in [0.1, 0.15) is 32.1 Å². The Kier molecular flexibility index (Phi) is 4.07. The minimum Gasteiger partial charge on any atom is -0.312 e. The molecule has 1 amide bonds. The van der Waals surface area contributed by atoms with E-state index < -0.39 is 0 Å². The molecule has 4 nitrogen and oxygen atoms in total. The Bertz CT molecular complexity index is 731. The Balaban J connectivity index is 2.33. The summed E-state index contributed by atoms with van der Waals surface area (Å²) in [6.07, 6.45) is 1.44. The molecule has 2 heterocycles. The first kappa shape index (κ1) is 14.5. The fourth-order valence-electron chi connectivity index (χ4n) is 1.71. The number of halogens is 1. The van der Waals surface area contributed by atoms with E-state index >= 15 is 0 Å². The molecule has 2 rings (SSSR count). The molecule has 0 aliphatic carbocycles. The number of pyridine rings is 1. The first-order valence-corrected chi connectivity index (χ1v) is 7.07. The van der Waals surface area contributed by atoms with Crippen LogP contribution < -0.4 is 5.32 Å². The molecule has 0 radical (unpaired) electrons. The summed E-state index contributed by atoms with van der Waals surface area (Å²) in [4.78, 5) is 17.3. The second-order valence-corrected chi connectivity index (χ2v) is 5.99. The highest BCUT2D eigenvalue weighted by Crippen LogP contribution is 2.32. The lowest BCUT2D eigenvalue weighted by atomic mass is 10.2. The van der Waals surface area contributed by atoms with E-state index in [0.717, 1.165) is 16.1 Å². The number of thiophene rings is 1. The van der Waals surface area contributed by atoms with Gasteiger partial charge in [-0.05, 0) is 32.4 Å². The number of nitrogens with zero attached hydrogens (tertiary/aromatic N) is 2. The molecule has 0 unspecified atom stereocenters. The van der Waals surface area contributed by atoms with Crippen LogP contribution in [0.3, 0.4) is 0 Å².